The van der Waals surface area contributed by atoms with Gasteiger partial charge in [-0.1, -0.05) is 40.9 Å². The number of piperidine rings is 1. The Morgan fingerprint density at radius 2 is 1.71 bits per heavy atom. The molecule has 2 aromatic rings. The van der Waals surface area contributed by atoms with E-state index < -0.39 is 0 Å². The van der Waals surface area contributed by atoms with Gasteiger partial charge in [-0.25, -0.2) is 0 Å². The van der Waals surface area contributed by atoms with E-state index in [0.29, 0.717) is 28.2 Å². The number of hydrogen-bond acceptors (Lipinski definition) is 3. The molecule has 0 aromatic heterocycles. The summed E-state index contributed by atoms with van der Waals surface area (Å²) in [6.45, 7) is 3.44. The minimum atomic E-state index is 0.0486. The second kappa shape index (κ2) is 10.4. The summed E-state index contributed by atoms with van der Waals surface area (Å²) in [5, 5.41) is 4.97. The molecule has 0 atom stereocenters. The van der Waals surface area contributed by atoms with Crippen LogP contribution in [0.1, 0.15) is 18.4 Å². The monoisotopic (exact) mass is 440 g/mol. The molecule has 3 rings (SSSR count). The van der Waals surface area contributed by atoms with E-state index in [2.05, 4.69) is 10.2 Å². The third kappa shape index (κ3) is 6.28. The summed E-state index contributed by atoms with van der Waals surface area (Å²) in [5.74, 6) is 0.893. The van der Waals surface area contributed by atoms with E-state index in [9.17, 15) is 4.79 Å². The number of carbonyl (C=O) groups excluding carboxylic acids is 1. The second-order valence-corrected chi connectivity index (χ2v) is 8.16. The number of hydrogen-bond donors (Lipinski definition) is 1. The van der Waals surface area contributed by atoms with E-state index in [0.717, 1.165) is 43.8 Å². The van der Waals surface area contributed by atoms with Gasteiger partial charge in [-0.05, 0) is 67.9 Å². The van der Waals surface area contributed by atoms with Crippen molar-refractivity contribution < 1.29 is 9.53 Å². The normalized spacial score (nSPS) is 15.4. The zero-order chi connectivity index (χ0) is 19.9. The van der Waals surface area contributed by atoms with Crippen molar-refractivity contribution in [2.24, 2.45) is 5.92 Å². The van der Waals surface area contributed by atoms with Crippen LogP contribution in [0.2, 0.25) is 15.1 Å². The third-order valence-electron chi connectivity index (χ3n) is 4.85. The van der Waals surface area contributed by atoms with Crippen LogP contribution in [0.15, 0.2) is 42.5 Å². The molecule has 2 aromatic carbocycles. The molecule has 4 nitrogen and oxygen atoms in total. The number of likely N-dealkylation sites (tertiary alicyclic amines) is 1. The van der Waals surface area contributed by atoms with Crippen LogP contribution >= 0.6 is 34.8 Å². The first kappa shape index (κ1) is 21.3. The average molecular weight is 442 g/mol. The number of rotatable bonds is 7. The molecule has 0 aliphatic carbocycles. The van der Waals surface area contributed by atoms with Gasteiger partial charge in [-0.15, -0.1) is 0 Å². The fraction of sp³-hybridized carbons (Fsp3) is 0.381. The number of halogens is 3. The molecule has 1 aliphatic heterocycles. The number of ether oxygens (including phenoxy) is 1. The van der Waals surface area contributed by atoms with Gasteiger partial charge in [-0.3, -0.25) is 9.69 Å². The number of nitrogens with one attached hydrogen (secondary N) is 1. The molecule has 0 bridgehead atoms. The highest BCUT2D eigenvalue weighted by Gasteiger charge is 2.25. The summed E-state index contributed by atoms with van der Waals surface area (Å²) in [7, 11) is 0. The number of benzene rings is 2. The largest absolute Gasteiger partial charge is 0.492 e. The maximum absolute atomic E-state index is 12.4. The molecule has 0 saturated carbocycles. The number of nitrogens with zero attached hydrogens (tertiary/aromatic N) is 1. The average Bonchev–Trinajstić information content (AvgIpc) is 2.69. The van der Waals surface area contributed by atoms with Gasteiger partial charge >= 0.3 is 0 Å². The summed E-state index contributed by atoms with van der Waals surface area (Å²) in [4.78, 5) is 14.7. The fourth-order valence-corrected chi connectivity index (χ4v) is 3.86. The molecule has 0 unspecified atom stereocenters. The standard InChI is InChI=1S/C21H23Cl3N2O2/c22-17-3-5-19(6-4-17)28-12-9-25-21(27)15-7-10-26(11-8-15)14-16-1-2-18(23)13-20(16)24/h1-6,13,15H,7-12,14H2,(H,25,27). The Labute approximate surface area is 180 Å². The van der Waals surface area contributed by atoms with E-state index in [1.165, 1.54) is 0 Å². The molecule has 28 heavy (non-hydrogen) atoms. The van der Waals surface area contributed by atoms with E-state index in [4.69, 9.17) is 39.5 Å². The van der Waals surface area contributed by atoms with Gasteiger partial charge in [0.15, 0.2) is 0 Å². The Morgan fingerprint density at radius 1 is 1.04 bits per heavy atom. The van der Waals surface area contributed by atoms with Gasteiger partial charge in [0.25, 0.3) is 0 Å². The lowest BCUT2D eigenvalue weighted by Crippen LogP contribution is -2.41. The van der Waals surface area contributed by atoms with Gasteiger partial charge < -0.3 is 10.1 Å². The highest BCUT2D eigenvalue weighted by molar-refractivity contribution is 6.35. The fourth-order valence-electron chi connectivity index (χ4n) is 3.26. The van der Waals surface area contributed by atoms with Crippen LogP contribution in [-0.4, -0.2) is 37.0 Å². The van der Waals surface area contributed by atoms with Crippen molar-refractivity contribution in [2.75, 3.05) is 26.2 Å². The van der Waals surface area contributed by atoms with Crippen molar-refractivity contribution in [1.82, 2.24) is 10.2 Å². The van der Waals surface area contributed by atoms with Gasteiger partial charge in [0, 0.05) is 27.5 Å². The van der Waals surface area contributed by atoms with Crippen LogP contribution in [0.4, 0.5) is 0 Å². The summed E-state index contributed by atoms with van der Waals surface area (Å²) in [5.41, 5.74) is 1.06. The van der Waals surface area contributed by atoms with Gasteiger partial charge in [0.1, 0.15) is 12.4 Å². The highest BCUT2D eigenvalue weighted by atomic mass is 35.5. The molecule has 1 amide bonds. The van der Waals surface area contributed by atoms with Gasteiger partial charge in [-0.2, -0.15) is 0 Å². The Morgan fingerprint density at radius 3 is 2.39 bits per heavy atom. The Balaban J connectivity index is 1.36. The Bertz CT molecular complexity index is 791. The second-order valence-electron chi connectivity index (χ2n) is 6.88. The minimum absolute atomic E-state index is 0.0486. The molecule has 150 valence electrons. The molecule has 1 saturated heterocycles. The molecule has 7 heteroatoms. The van der Waals surface area contributed by atoms with Crippen LogP contribution in [0.5, 0.6) is 5.75 Å². The van der Waals surface area contributed by atoms with Crippen LogP contribution in [-0.2, 0) is 11.3 Å². The summed E-state index contributed by atoms with van der Waals surface area (Å²) in [6, 6.07) is 12.8. The highest BCUT2D eigenvalue weighted by Crippen LogP contribution is 2.25. The summed E-state index contributed by atoms with van der Waals surface area (Å²) in [6.07, 6.45) is 1.68. The van der Waals surface area contributed by atoms with E-state index in [1.54, 1.807) is 18.2 Å². The van der Waals surface area contributed by atoms with Crippen LogP contribution in [0.25, 0.3) is 0 Å². The van der Waals surface area contributed by atoms with E-state index in [1.807, 2.05) is 24.3 Å². The molecule has 1 aliphatic rings. The van der Waals surface area contributed by atoms with Crippen molar-refractivity contribution in [3.8, 4) is 5.75 Å². The molecule has 0 radical (unpaired) electrons. The van der Waals surface area contributed by atoms with Crippen molar-refractivity contribution in [1.29, 1.82) is 0 Å². The Hall–Kier alpha value is -1.46. The first-order valence-corrected chi connectivity index (χ1v) is 10.5. The molecule has 0 spiro atoms. The van der Waals surface area contributed by atoms with Crippen LogP contribution in [0, 0.1) is 5.92 Å². The predicted octanol–water partition coefficient (Wildman–Crippen LogP) is 5.05. The number of amides is 1. The summed E-state index contributed by atoms with van der Waals surface area (Å²) >= 11 is 18.0. The maximum atomic E-state index is 12.4. The third-order valence-corrected chi connectivity index (χ3v) is 5.69. The topological polar surface area (TPSA) is 41.6 Å². The lowest BCUT2D eigenvalue weighted by molar-refractivity contribution is -0.126. The lowest BCUT2D eigenvalue weighted by Gasteiger charge is -2.31. The summed E-state index contributed by atoms with van der Waals surface area (Å²) < 4.78 is 5.60. The minimum Gasteiger partial charge on any atom is -0.492 e. The van der Waals surface area contributed by atoms with Crippen LogP contribution in [0.3, 0.4) is 0 Å². The molecule has 1 N–H and O–H groups in total. The lowest BCUT2D eigenvalue weighted by atomic mass is 9.95. The quantitative estimate of drug-likeness (QED) is 0.611. The molecule has 1 fully saturated rings. The smallest absolute Gasteiger partial charge is 0.223 e. The van der Waals surface area contributed by atoms with Crippen LogP contribution < -0.4 is 10.1 Å². The zero-order valence-electron chi connectivity index (χ0n) is 15.5. The van der Waals surface area contributed by atoms with E-state index in [-0.39, 0.29) is 11.8 Å². The van der Waals surface area contributed by atoms with Crippen molar-refractivity contribution in [3.05, 3.63) is 63.1 Å². The van der Waals surface area contributed by atoms with Crippen molar-refractivity contribution in [2.45, 2.75) is 19.4 Å². The zero-order valence-corrected chi connectivity index (χ0v) is 17.7. The maximum Gasteiger partial charge on any atom is 0.223 e. The van der Waals surface area contributed by atoms with Gasteiger partial charge in [0.05, 0.1) is 6.54 Å². The van der Waals surface area contributed by atoms with E-state index >= 15 is 0 Å². The molecule has 1 heterocycles. The SMILES string of the molecule is O=C(NCCOc1ccc(Cl)cc1)C1CCN(Cc2ccc(Cl)cc2Cl)CC1. The van der Waals surface area contributed by atoms with Crippen molar-refractivity contribution in [3.63, 3.8) is 0 Å². The van der Waals surface area contributed by atoms with Gasteiger partial charge in [0.2, 0.25) is 5.91 Å². The molecular formula is C21H23Cl3N2O2. The number of carbonyl (C=O) groups is 1. The predicted molar refractivity (Wildman–Crippen MR) is 114 cm³/mol. The first-order valence-electron chi connectivity index (χ1n) is 9.33. The molecular weight excluding hydrogens is 419 g/mol. The van der Waals surface area contributed by atoms with Crippen molar-refractivity contribution >= 4 is 40.7 Å². The first-order chi connectivity index (χ1) is 13.5. The Kier molecular flexibility index (Phi) is 7.86.